The smallest absolute Gasteiger partial charge is 0.119 e. The van der Waals surface area contributed by atoms with E-state index in [1.54, 1.807) is 6.92 Å². The molecule has 5 heteroatoms. The SMILES string of the molecule is C/C(=N\O)c1ccc(OCCN2CCN(C)CC2)cc1. The highest BCUT2D eigenvalue weighted by atomic mass is 16.5. The minimum atomic E-state index is 0.606. The van der Waals surface area contributed by atoms with Crippen LogP contribution in [0.2, 0.25) is 0 Å². The number of benzene rings is 1. The van der Waals surface area contributed by atoms with E-state index < -0.39 is 0 Å². The Morgan fingerprint density at radius 3 is 2.45 bits per heavy atom. The standard InChI is InChI=1S/C15H23N3O2/c1-13(16-19)14-3-5-15(6-4-14)20-12-11-18-9-7-17(2)8-10-18/h3-6,19H,7-12H2,1-2H3/b16-13+. The lowest BCUT2D eigenvalue weighted by atomic mass is 10.1. The van der Waals surface area contributed by atoms with Gasteiger partial charge in [-0.15, -0.1) is 0 Å². The Morgan fingerprint density at radius 2 is 1.85 bits per heavy atom. The summed E-state index contributed by atoms with van der Waals surface area (Å²) in [6.07, 6.45) is 0. The molecule has 20 heavy (non-hydrogen) atoms. The molecule has 0 radical (unpaired) electrons. The van der Waals surface area contributed by atoms with Crippen molar-refractivity contribution in [1.82, 2.24) is 9.80 Å². The van der Waals surface area contributed by atoms with Crippen molar-refractivity contribution in [2.75, 3.05) is 46.4 Å². The van der Waals surface area contributed by atoms with Crippen LogP contribution in [0.15, 0.2) is 29.4 Å². The van der Waals surface area contributed by atoms with E-state index in [0.717, 1.165) is 44.0 Å². The van der Waals surface area contributed by atoms with Gasteiger partial charge in [0.1, 0.15) is 12.4 Å². The zero-order chi connectivity index (χ0) is 14.4. The van der Waals surface area contributed by atoms with Crippen LogP contribution in [0.25, 0.3) is 0 Å². The largest absolute Gasteiger partial charge is 0.492 e. The zero-order valence-corrected chi connectivity index (χ0v) is 12.2. The average molecular weight is 277 g/mol. The van der Waals surface area contributed by atoms with E-state index in [9.17, 15) is 0 Å². The zero-order valence-electron chi connectivity index (χ0n) is 12.2. The lowest BCUT2D eigenvalue weighted by Gasteiger charge is -2.32. The Morgan fingerprint density at radius 1 is 1.20 bits per heavy atom. The molecule has 0 aliphatic carbocycles. The Balaban J connectivity index is 1.74. The molecule has 1 aromatic rings. The van der Waals surface area contributed by atoms with Gasteiger partial charge in [0.05, 0.1) is 5.71 Å². The van der Waals surface area contributed by atoms with E-state index in [1.807, 2.05) is 24.3 Å². The van der Waals surface area contributed by atoms with Gasteiger partial charge in [-0.2, -0.15) is 0 Å². The Bertz CT molecular complexity index is 437. The van der Waals surface area contributed by atoms with Gasteiger partial charge in [-0.25, -0.2) is 0 Å². The van der Waals surface area contributed by atoms with Crippen molar-refractivity contribution in [2.45, 2.75) is 6.92 Å². The molecule has 0 unspecified atom stereocenters. The van der Waals surface area contributed by atoms with Gasteiger partial charge in [-0.1, -0.05) is 5.16 Å². The molecule has 1 aliphatic rings. The first-order valence-electron chi connectivity index (χ1n) is 7.02. The maximum atomic E-state index is 8.71. The van der Waals surface area contributed by atoms with Crippen molar-refractivity contribution in [2.24, 2.45) is 5.16 Å². The minimum Gasteiger partial charge on any atom is -0.492 e. The summed E-state index contributed by atoms with van der Waals surface area (Å²) in [6.45, 7) is 7.94. The molecule has 0 spiro atoms. The lowest BCUT2D eigenvalue weighted by molar-refractivity contribution is 0.134. The first-order chi connectivity index (χ1) is 9.69. The molecule has 2 rings (SSSR count). The molecular weight excluding hydrogens is 254 g/mol. The third-order valence-corrected chi connectivity index (χ3v) is 3.69. The molecule has 110 valence electrons. The van der Waals surface area contributed by atoms with Crippen molar-refractivity contribution in [3.63, 3.8) is 0 Å². The molecule has 1 fully saturated rings. The third-order valence-electron chi connectivity index (χ3n) is 3.69. The summed E-state index contributed by atoms with van der Waals surface area (Å²) in [4.78, 5) is 4.78. The highest BCUT2D eigenvalue weighted by molar-refractivity contribution is 5.98. The molecule has 1 aromatic carbocycles. The fourth-order valence-corrected chi connectivity index (χ4v) is 2.21. The lowest BCUT2D eigenvalue weighted by Crippen LogP contribution is -2.45. The number of piperazine rings is 1. The molecule has 0 aromatic heterocycles. The van der Waals surface area contributed by atoms with Crippen LogP contribution in [0.5, 0.6) is 5.75 Å². The molecule has 1 heterocycles. The van der Waals surface area contributed by atoms with Crippen LogP contribution in [-0.2, 0) is 0 Å². The molecule has 0 bridgehead atoms. The van der Waals surface area contributed by atoms with Crippen molar-refractivity contribution in [3.05, 3.63) is 29.8 Å². The predicted molar refractivity (Wildman–Crippen MR) is 79.9 cm³/mol. The van der Waals surface area contributed by atoms with Crippen LogP contribution in [0, 0.1) is 0 Å². The van der Waals surface area contributed by atoms with Gasteiger partial charge in [0.2, 0.25) is 0 Å². The van der Waals surface area contributed by atoms with Gasteiger partial charge in [-0.3, -0.25) is 4.90 Å². The average Bonchev–Trinajstić information content (AvgIpc) is 2.49. The summed E-state index contributed by atoms with van der Waals surface area (Å²) < 4.78 is 5.75. The van der Waals surface area contributed by atoms with E-state index in [0.29, 0.717) is 12.3 Å². The van der Waals surface area contributed by atoms with E-state index >= 15 is 0 Å². The molecule has 1 saturated heterocycles. The Kier molecular flexibility index (Phi) is 5.38. The van der Waals surface area contributed by atoms with Gasteiger partial charge in [0.25, 0.3) is 0 Å². The normalized spacial score (nSPS) is 18.2. The number of ether oxygens (including phenoxy) is 1. The van der Waals surface area contributed by atoms with Gasteiger partial charge in [0, 0.05) is 32.7 Å². The van der Waals surface area contributed by atoms with Crippen molar-refractivity contribution < 1.29 is 9.94 Å². The number of hydrogen-bond acceptors (Lipinski definition) is 5. The third kappa shape index (κ3) is 4.21. The van der Waals surface area contributed by atoms with E-state index in [-0.39, 0.29) is 0 Å². The van der Waals surface area contributed by atoms with Crippen molar-refractivity contribution >= 4 is 5.71 Å². The second-order valence-electron chi connectivity index (χ2n) is 5.20. The first kappa shape index (κ1) is 14.8. The van der Waals surface area contributed by atoms with Crippen LogP contribution in [0.3, 0.4) is 0 Å². The molecule has 0 saturated carbocycles. The molecule has 0 atom stereocenters. The van der Waals surface area contributed by atoms with Gasteiger partial charge in [-0.05, 0) is 43.8 Å². The second-order valence-corrected chi connectivity index (χ2v) is 5.20. The number of oxime groups is 1. The van der Waals surface area contributed by atoms with Crippen molar-refractivity contribution in [1.29, 1.82) is 0 Å². The highest BCUT2D eigenvalue weighted by Crippen LogP contribution is 2.13. The quantitative estimate of drug-likeness (QED) is 0.503. The minimum absolute atomic E-state index is 0.606. The van der Waals surface area contributed by atoms with E-state index in [4.69, 9.17) is 9.94 Å². The van der Waals surface area contributed by atoms with Crippen molar-refractivity contribution in [3.8, 4) is 5.75 Å². The summed E-state index contributed by atoms with van der Waals surface area (Å²) in [5.74, 6) is 0.855. The summed E-state index contributed by atoms with van der Waals surface area (Å²) >= 11 is 0. The number of nitrogens with zero attached hydrogens (tertiary/aromatic N) is 3. The van der Waals surface area contributed by atoms with Gasteiger partial charge in [0.15, 0.2) is 0 Å². The maximum absolute atomic E-state index is 8.71. The predicted octanol–water partition coefficient (Wildman–Crippen LogP) is 1.51. The van der Waals surface area contributed by atoms with Crippen LogP contribution in [-0.4, -0.2) is 67.1 Å². The van der Waals surface area contributed by atoms with Crippen LogP contribution >= 0.6 is 0 Å². The van der Waals surface area contributed by atoms with Gasteiger partial charge < -0.3 is 14.8 Å². The van der Waals surface area contributed by atoms with Crippen LogP contribution < -0.4 is 4.74 Å². The maximum Gasteiger partial charge on any atom is 0.119 e. The number of likely N-dealkylation sites (N-methyl/N-ethyl adjacent to an activating group) is 1. The van der Waals surface area contributed by atoms with Gasteiger partial charge >= 0.3 is 0 Å². The van der Waals surface area contributed by atoms with E-state index in [2.05, 4.69) is 22.0 Å². The highest BCUT2D eigenvalue weighted by Gasteiger charge is 2.13. The monoisotopic (exact) mass is 277 g/mol. The summed E-state index contributed by atoms with van der Waals surface area (Å²) in [5.41, 5.74) is 1.51. The van der Waals surface area contributed by atoms with E-state index in [1.165, 1.54) is 0 Å². The molecule has 1 N–H and O–H groups in total. The Hall–Kier alpha value is -1.59. The van der Waals surface area contributed by atoms with Crippen LogP contribution in [0.1, 0.15) is 12.5 Å². The fraction of sp³-hybridized carbons (Fsp3) is 0.533. The second kappa shape index (κ2) is 7.26. The topological polar surface area (TPSA) is 48.3 Å². The first-order valence-corrected chi connectivity index (χ1v) is 7.02. The molecule has 5 nitrogen and oxygen atoms in total. The summed E-state index contributed by atoms with van der Waals surface area (Å²) in [5, 5.41) is 11.9. The number of rotatable bonds is 5. The molecular formula is C15H23N3O2. The Labute approximate surface area is 120 Å². The number of hydrogen-bond donors (Lipinski definition) is 1. The summed E-state index contributed by atoms with van der Waals surface area (Å²) in [6, 6.07) is 7.63. The fourth-order valence-electron chi connectivity index (χ4n) is 2.21. The van der Waals surface area contributed by atoms with Crippen LogP contribution in [0.4, 0.5) is 0 Å². The molecule has 1 aliphatic heterocycles. The molecule has 0 amide bonds. The summed E-state index contributed by atoms with van der Waals surface area (Å²) in [7, 11) is 2.16.